The monoisotopic (exact) mass is 457 g/mol. The van der Waals surface area contributed by atoms with Crippen molar-refractivity contribution in [1.29, 1.82) is 0 Å². The zero-order valence-corrected chi connectivity index (χ0v) is 19.1. The average molecular weight is 458 g/mol. The van der Waals surface area contributed by atoms with Gasteiger partial charge >= 0.3 is 6.03 Å². The van der Waals surface area contributed by atoms with Crippen LogP contribution in [0, 0.1) is 0 Å². The summed E-state index contributed by atoms with van der Waals surface area (Å²) in [7, 11) is 0. The first kappa shape index (κ1) is 20.9. The average Bonchev–Trinajstić information content (AvgIpc) is 3.59. The Hall–Kier alpha value is -3.69. The number of ether oxygens (including phenoxy) is 1. The van der Waals surface area contributed by atoms with E-state index in [1.807, 2.05) is 29.3 Å². The lowest BCUT2D eigenvalue weighted by molar-refractivity contribution is -0.0269. The van der Waals surface area contributed by atoms with Gasteiger partial charge in [-0.3, -0.25) is 9.89 Å². The van der Waals surface area contributed by atoms with Crippen molar-refractivity contribution in [2.45, 2.75) is 19.4 Å². The maximum Gasteiger partial charge on any atom is 0.345 e. The number of morpholine rings is 1. The first-order valence-electron chi connectivity index (χ1n) is 11.7. The third kappa shape index (κ3) is 3.44. The van der Waals surface area contributed by atoms with Crippen LogP contribution in [0.5, 0.6) is 0 Å². The number of urea groups is 1. The molecular weight excluding hydrogens is 430 g/mol. The van der Waals surface area contributed by atoms with Crippen molar-refractivity contribution in [2.75, 3.05) is 37.7 Å². The number of nitrogens with one attached hydrogen (secondary N) is 2. The van der Waals surface area contributed by atoms with Crippen LogP contribution >= 0.6 is 0 Å². The van der Waals surface area contributed by atoms with Crippen LogP contribution in [0.3, 0.4) is 0 Å². The number of aliphatic imine (C=N–C) groups is 1. The Labute approximate surface area is 197 Å². The molecule has 2 aliphatic rings. The molecule has 0 spiro atoms. The van der Waals surface area contributed by atoms with Crippen molar-refractivity contribution >= 4 is 39.5 Å². The van der Waals surface area contributed by atoms with E-state index in [2.05, 4.69) is 51.2 Å². The number of aromatic amines is 2. The summed E-state index contributed by atoms with van der Waals surface area (Å²) in [5.74, 6) is 0.758. The highest BCUT2D eigenvalue weighted by Gasteiger charge is 2.48. The highest BCUT2D eigenvalue weighted by molar-refractivity contribution is 6.16. The van der Waals surface area contributed by atoms with E-state index in [9.17, 15) is 4.79 Å². The predicted octanol–water partition coefficient (Wildman–Crippen LogP) is 4.08. The summed E-state index contributed by atoms with van der Waals surface area (Å²) in [5, 5.41) is 4.95. The fraction of sp³-hybridized carbons (Fsp3) is 0.320. The number of anilines is 1. The SMILES string of the molecule is CCCN=C1C(c2ccc3[nH]ccc3c2)N(c2ccc3nc[nH]c3c2)C(=O)N1N1CCOCC1. The minimum absolute atomic E-state index is 0.102. The second kappa shape index (κ2) is 8.58. The van der Waals surface area contributed by atoms with Crippen LogP contribution in [-0.4, -0.2) is 69.7 Å². The largest absolute Gasteiger partial charge is 0.379 e. The molecule has 9 heteroatoms. The Kier molecular flexibility index (Phi) is 5.27. The number of amides is 2. The van der Waals surface area contributed by atoms with Gasteiger partial charge < -0.3 is 14.7 Å². The van der Waals surface area contributed by atoms with Gasteiger partial charge in [0.05, 0.1) is 30.6 Å². The molecule has 2 aromatic carbocycles. The Balaban J connectivity index is 1.52. The molecule has 4 aromatic rings. The smallest absolute Gasteiger partial charge is 0.345 e. The molecule has 0 bridgehead atoms. The lowest BCUT2D eigenvalue weighted by Gasteiger charge is -2.34. The molecule has 2 amide bonds. The lowest BCUT2D eigenvalue weighted by Crippen LogP contribution is -2.52. The molecule has 2 aromatic heterocycles. The number of fused-ring (bicyclic) bond motifs is 2. The number of H-pyrrole nitrogens is 2. The van der Waals surface area contributed by atoms with Gasteiger partial charge in [0.15, 0.2) is 5.84 Å². The Bertz CT molecular complexity index is 1370. The van der Waals surface area contributed by atoms with Crippen LogP contribution in [0.2, 0.25) is 0 Å². The zero-order valence-electron chi connectivity index (χ0n) is 19.1. The molecule has 2 saturated heterocycles. The number of nitrogens with zero attached hydrogens (tertiary/aromatic N) is 5. The summed E-state index contributed by atoms with van der Waals surface area (Å²) < 4.78 is 5.56. The summed E-state index contributed by atoms with van der Waals surface area (Å²) in [6.07, 6.45) is 4.51. The summed E-state index contributed by atoms with van der Waals surface area (Å²) in [6.45, 7) is 5.22. The van der Waals surface area contributed by atoms with Crippen molar-refractivity contribution in [3.8, 4) is 0 Å². The number of amidine groups is 1. The van der Waals surface area contributed by atoms with Crippen LogP contribution in [0.15, 0.2) is 60.0 Å². The number of imidazole rings is 1. The van der Waals surface area contributed by atoms with Crippen LogP contribution in [-0.2, 0) is 4.74 Å². The molecule has 0 saturated carbocycles. The molecule has 1 unspecified atom stereocenters. The molecule has 174 valence electrons. The van der Waals surface area contributed by atoms with Crippen molar-refractivity contribution in [3.05, 3.63) is 60.6 Å². The van der Waals surface area contributed by atoms with Gasteiger partial charge in [-0.15, -0.1) is 0 Å². The van der Waals surface area contributed by atoms with Gasteiger partial charge in [0, 0.05) is 37.0 Å². The normalized spacial score (nSPS) is 20.9. The second-order valence-electron chi connectivity index (χ2n) is 8.60. The molecular formula is C25H27N7O2. The van der Waals surface area contributed by atoms with Crippen LogP contribution in [0.1, 0.15) is 24.9 Å². The number of aromatic nitrogens is 3. The van der Waals surface area contributed by atoms with Gasteiger partial charge in [-0.1, -0.05) is 13.0 Å². The van der Waals surface area contributed by atoms with Crippen molar-refractivity contribution in [2.24, 2.45) is 4.99 Å². The predicted molar refractivity (Wildman–Crippen MR) is 132 cm³/mol. The van der Waals surface area contributed by atoms with Gasteiger partial charge in [-0.05, 0) is 53.8 Å². The summed E-state index contributed by atoms with van der Waals surface area (Å²) in [4.78, 5) is 31.7. The lowest BCUT2D eigenvalue weighted by atomic mass is 10.0. The fourth-order valence-electron chi connectivity index (χ4n) is 4.81. The Morgan fingerprint density at radius 3 is 2.82 bits per heavy atom. The standard InChI is InChI=1S/C25H27N7O2/c1-2-8-27-24-23(18-3-5-20-17(14-18)7-9-26-20)31(19-4-6-21-22(15-19)29-16-28-21)25(33)32(24)30-10-12-34-13-11-30/h3-7,9,14-16,23,26H,2,8,10-13H2,1H3,(H,28,29). The van der Waals surface area contributed by atoms with E-state index in [4.69, 9.17) is 9.73 Å². The van der Waals surface area contributed by atoms with Crippen molar-refractivity contribution in [3.63, 3.8) is 0 Å². The zero-order chi connectivity index (χ0) is 23.1. The van der Waals surface area contributed by atoms with Crippen molar-refractivity contribution in [1.82, 2.24) is 25.0 Å². The molecule has 34 heavy (non-hydrogen) atoms. The molecule has 4 heterocycles. The van der Waals surface area contributed by atoms with Crippen molar-refractivity contribution < 1.29 is 9.53 Å². The molecule has 6 rings (SSSR count). The number of hydrazine groups is 1. The Morgan fingerprint density at radius 2 is 1.97 bits per heavy atom. The number of hydrogen-bond acceptors (Lipinski definition) is 5. The third-order valence-corrected chi connectivity index (χ3v) is 6.45. The van der Waals surface area contributed by atoms with E-state index in [1.165, 1.54) is 0 Å². The minimum Gasteiger partial charge on any atom is -0.379 e. The van der Waals surface area contributed by atoms with E-state index < -0.39 is 0 Å². The molecule has 0 radical (unpaired) electrons. The van der Waals surface area contributed by atoms with Crippen LogP contribution in [0.25, 0.3) is 21.9 Å². The number of carbonyl (C=O) groups is 1. The maximum absolute atomic E-state index is 14.1. The van der Waals surface area contributed by atoms with Crippen LogP contribution in [0.4, 0.5) is 10.5 Å². The first-order valence-corrected chi connectivity index (χ1v) is 11.7. The van der Waals surface area contributed by atoms with Gasteiger partial charge in [0.1, 0.15) is 6.04 Å². The summed E-state index contributed by atoms with van der Waals surface area (Å²) >= 11 is 0. The maximum atomic E-state index is 14.1. The summed E-state index contributed by atoms with van der Waals surface area (Å²) in [6, 6.07) is 13.8. The number of hydrogen-bond donors (Lipinski definition) is 2. The first-order chi connectivity index (χ1) is 16.7. The number of benzene rings is 2. The number of carbonyl (C=O) groups excluding carboxylic acids is 1. The molecule has 2 N–H and O–H groups in total. The second-order valence-corrected chi connectivity index (χ2v) is 8.60. The molecule has 1 atom stereocenters. The molecule has 2 fully saturated rings. The van der Waals surface area contributed by atoms with E-state index in [1.54, 1.807) is 11.3 Å². The Morgan fingerprint density at radius 1 is 1.09 bits per heavy atom. The van der Waals surface area contributed by atoms with E-state index in [0.29, 0.717) is 32.8 Å². The molecule has 0 aliphatic carbocycles. The molecule has 9 nitrogen and oxygen atoms in total. The van der Waals surface area contributed by atoms with Gasteiger partial charge in [0.2, 0.25) is 0 Å². The highest BCUT2D eigenvalue weighted by atomic mass is 16.5. The van der Waals surface area contributed by atoms with Gasteiger partial charge in [0.25, 0.3) is 0 Å². The van der Waals surface area contributed by atoms with E-state index >= 15 is 0 Å². The van der Waals surface area contributed by atoms with E-state index in [0.717, 1.165) is 45.4 Å². The van der Waals surface area contributed by atoms with Gasteiger partial charge in [-0.2, -0.15) is 0 Å². The van der Waals surface area contributed by atoms with Gasteiger partial charge in [-0.25, -0.2) is 19.8 Å². The van der Waals surface area contributed by atoms with Crippen LogP contribution < -0.4 is 4.90 Å². The minimum atomic E-state index is -0.346. The molecule has 2 aliphatic heterocycles. The third-order valence-electron chi connectivity index (χ3n) is 6.45. The fourth-order valence-corrected chi connectivity index (χ4v) is 4.81. The topological polar surface area (TPSA) is 92.8 Å². The quantitative estimate of drug-likeness (QED) is 0.472. The highest BCUT2D eigenvalue weighted by Crippen LogP contribution is 2.39. The number of rotatable bonds is 5. The van der Waals surface area contributed by atoms with E-state index in [-0.39, 0.29) is 12.1 Å². The summed E-state index contributed by atoms with van der Waals surface area (Å²) in [5.41, 5.74) is 4.65.